The molecule has 1 aliphatic heterocycles. The highest BCUT2D eigenvalue weighted by Gasteiger charge is 2.36. The number of hydrogen-bond acceptors (Lipinski definition) is 5. The molecule has 0 atom stereocenters. The van der Waals surface area contributed by atoms with Gasteiger partial charge < -0.3 is 19.7 Å². The van der Waals surface area contributed by atoms with Crippen LogP contribution >= 0.6 is 27.5 Å². The van der Waals surface area contributed by atoms with Gasteiger partial charge in [-0.2, -0.15) is 13.2 Å². The highest BCUT2D eigenvalue weighted by molar-refractivity contribution is 9.10. The molecule has 0 spiro atoms. The molecule has 1 aliphatic rings. The zero-order valence-corrected chi connectivity index (χ0v) is 14.8. The van der Waals surface area contributed by atoms with Crippen molar-refractivity contribution in [2.24, 2.45) is 0 Å². The van der Waals surface area contributed by atoms with E-state index in [1.54, 1.807) is 4.90 Å². The first kappa shape index (κ1) is 18.0. The van der Waals surface area contributed by atoms with Crippen molar-refractivity contribution in [1.29, 1.82) is 0 Å². The molecule has 1 amide bonds. The molecule has 0 radical (unpaired) electrons. The molecule has 134 valence electrons. The monoisotopic (exact) mass is 437 g/mol. The fourth-order valence-electron chi connectivity index (χ4n) is 2.58. The van der Waals surface area contributed by atoms with E-state index in [-0.39, 0.29) is 37.5 Å². The van der Waals surface area contributed by atoms with Crippen molar-refractivity contribution in [1.82, 2.24) is 14.9 Å². The first-order valence-electron chi connectivity index (χ1n) is 7.11. The Balaban J connectivity index is 2.09. The standard InChI is InChI=1S/C14H11BrClF3N4O2/c15-8-6-10-7(5-9(8)16)11(21-12(20-10)14(17,18)19)22-1-3-23(4-2-22)13(24)25/h5-6H,1-4H2,(H,24,25)/p-1. The normalized spacial score (nSPS) is 15.7. The minimum absolute atomic E-state index is 0.0738. The fourth-order valence-corrected chi connectivity index (χ4v) is 3.07. The Bertz CT molecular complexity index is 841. The van der Waals surface area contributed by atoms with E-state index in [4.69, 9.17) is 11.6 Å². The number of anilines is 1. The van der Waals surface area contributed by atoms with E-state index in [1.165, 1.54) is 12.1 Å². The Hall–Kier alpha value is -1.81. The summed E-state index contributed by atoms with van der Waals surface area (Å²) in [6.45, 7) is 0.592. The average molecular weight is 439 g/mol. The Morgan fingerprint density at radius 2 is 1.84 bits per heavy atom. The number of nitrogens with zero attached hydrogens (tertiary/aromatic N) is 4. The number of rotatable bonds is 1. The van der Waals surface area contributed by atoms with Gasteiger partial charge in [-0.15, -0.1) is 0 Å². The van der Waals surface area contributed by atoms with Crippen LogP contribution in [-0.2, 0) is 6.18 Å². The van der Waals surface area contributed by atoms with Crippen LogP contribution in [0.1, 0.15) is 5.82 Å². The number of carboxylic acid groups (broad SMARTS) is 1. The van der Waals surface area contributed by atoms with Crippen molar-refractivity contribution < 1.29 is 23.1 Å². The zero-order valence-electron chi connectivity index (χ0n) is 12.5. The van der Waals surface area contributed by atoms with E-state index in [9.17, 15) is 23.1 Å². The van der Waals surface area contributed by atoms with Crippen LogP contribution in [0.25, 0.3) is 10.9 Å². The third kappa shape index (κ3) is 3.59. The first-order chi connectivity index (χ1) is 11.7. The molecule has 2 aromatic rings. The van der Waals surface area contributed by atoms with Gasteiger partial charge in [-0.25, -0.2) is 9.97 Å². The van der Waals surface area contributed by atoms with E-state index < -0.39 is 18.1 Å². The highest BCUT2D eigenvalue weighted by atomic mass is 79.9. The lowest BCUT2D eigenvalue weighted by Gasteiger charge is -2.37. The lowest BCUT2D eigenvalue weighted by atomic mass is 10.2. The van der Waals surface area contributed by atoms with Crippen LogP contribution in [0.4, 0.5) is 23.8 Å². The lowest BCUT2D eigenvalue weighted by molar-refractivity contribution is -0.265. The van der Waals surface area contributed by atoms with Crippen LogP contribution in [-0.4, -0.2) is 47.1 Å². The summed E-state index contributed by atoms with van der Waals surface area (Å²) >= 11 is 9.23. The minimum atomic E-state index is -4.71. The summed E-state index contributed by atoms with van der Waals surface area (Å²) in [5, 5.41) is 11.6. The van der Waals surface area contributed by atoms with E-state index >= 15 is 0 Å². The number of alkyl halides is 3. The van der Waals surface area contributed by atoms with Gasteiger partial charge >= 0.3 is 6.18 Å². The number of carbonyl (C=O) groups excluding carboxylic acids is 1. The number of piperazine rings is 1. The molecular formula is C14H10BrClF3N4O2-. The van der Waals surface area contributed by atoms with E-state index in [0.29, 0.717) is 14.9 Å². The molecule has 1 saturated heterocycles. The molecule has 25 heavy (non-hydrogen) atoms. The van der Waals surface area contributed by atoms with Crippen molar-refractivity contribution in [3.8, 4) is 0 Å². The molecule has 0 aliphatic carbocycles. The second-order valence-corrected chi connectivity index (χ2v) is 6.65. The number of hydrogen-bond donors (Lipinski definition) is 0. The van der Waals surface area contributed by atoms with Gasteiger partial charge in [0, 0.05) is 36.0 Å². The second kappa shape index (κ2) is 6.49. The summed E-state index contributed by atoms with van der Waals surface area (Å²) in [5.74, 6) is -1.18. The predicted octanol–water partition coefficient (Wildman–Crippen LogP) is 2.53. The van der Waals surface area contributed by atoms with Crippen molar-refractivity contribution in [3.63, 3.8) is 0 Å². The molecule has 1 aromatic heterocycles. The van der Waals surface area contributed by atoms with Crippen LogP contribution in [0.15, 0.2) is 16.6 Å². The highest BCUT2D eigenvalue weighted by Crippen LogP contribution is 2.35. The summed E-state index contributed by atoms with van der Waals surface area (Å²) in [6.07, 6.45) is -6.02. The van der Waals surface area contributed by atoms with Gasteiger partial charge in [-0.1, -0.05) is 11.6 Å². The van der Waals surface area contributed by atoms with Gasteiger partial charge in [0.25, 0.3) is 0 Å². The molecule has 1 fully saturated rings. The molecule has 1 aromatic carbocycles. The quantitative estimate of drug-likeness (QED) is 0.684. The van der Waals surface area contributed by atoms with E-state index in [1.807, 2.05) is 0 Å². The molecule has 6 nitrogen and oxygen atoms in total. The van der Waals surface area contributed by atoms with Crippen molar-refractivity contribution in [2.75, 3.05) is 31.1 Å². The summed E-state index contributed by atoms with van der Waals surface area (Å²) in [7, 11) is 0. The van der Waals surface area contributed by atoms with Crippen LogP contribution < -0.4 is 10.0 Å². The van der Waals surface area contributed by atoms with Gasteiger partial charge in [0.05, 0.1) is 10.5 Å². The first-order valence-corrected chi connectivity index (χ1v) is 8.29. The van der Waals surface area contributed by atoms with Crippen molar-refractivity contribution in [3.05, 3.63) is 27.5 Å². The molecule has 11 heteroatoms. The molecule has 0 N–H and O–H groups in total. The van der Waals surface area contributed by atoms with Crippen molar-refractivity contribution in [2.45, 2.75) is 6.18 Å². The summed E-state index contributed by atoms with van der Waals surface area (Å²) in [4.78, 5) is 20.8. The molecule has 2 heterocycles. The molecule has 0 bridgehead atoms. The number of amides is 1. The van der Waals surface area contributed by atoms with Gasteiger partial charge in [0.1, 0.15) is 11.9 Å². The number of aromatic nitrogens is 2. The molecule has 3 rings (SSSR count). The summed E-state index contributed by atoms with van der Waals surface area (Å²) in [5.41, 5.74) is 0.0935. The molecule has 0 unspecified atom stereocenters. The molecule has 0 saturated carbocycles. The number of carbonyl (C=O) groups is 1. The summed E-state index contributed by atoms with van der Waals surface area (Å²) < 4.78 is 39.8. The smallest absolute Gasteiger partial charge is 0.451 e. The van der Waals surface area contributed by atoms with Gasteiger partial charge in [0.15, 0.2) is 0 Å². The fraction of sp³-hybridized carbons (Fsp3) is 0.357. The maximum atomic E-state index is 13.1. The maximum absolute atomic E-state index is 13.1. The second-order valence-electron chi connectivity index (χ2n) is 5.39. The van der Waals surface area contributed by atoms with Crippen LogP contribution in [0.3, 0.4) is 0 Å². The largest absolute Gasteiger partial charge is 0.530 e. The zero-order chi connectivity index (χ0) is 18.4. The Kier molecular flexibility index (Phi) is 4.67. The number of halogens is 5. The topological polar surface area (TPSA) is 72.4 Å². The van der Waals surface area contributed by atoms with Gasteiger partial charge in [-0.3, -0.25) is 0 Å². The minimum Gasteiger partial charge on any atom is -0.530 e. The van der Waals surface area contributed by atoms with Gasteiger partial charge in [-0.05, 0) is 28.1 Å². The van der Waals surface area contributed by atoms with Crippen LogP contribution in [0, 0.1) is 0 Å². The SMILES string of the molecule is O=C([O-])N1CCN(c2nc(C(F)(F)F)nc3cc(Br)c(Cl)cc23)CC1. The van der Waals surface area contributed by atoms with Crippen molar-refractivity contribution >= 4 is 50.3 Å². The van der Waals surface area contributed by atoms with E-state index in [2.05, 4.69) is 25.9 Å². The number of fused-ring (bicyclic) bond motifs is 1. The van der Waals surface area contributed by atoms with Crippen LogP contribution in [0.2, 0.25) is 5.02 Å². The van der Waals surface area contributed by atoms with E-state index in [0.717, 1.165) is 4.90 Å². The average Bonchev–Trinajstić information content (AvgIpc) is 2.54. The predicted molar refractivity (Wildman–Crippen MR) is 86.4 cm³/mol. The lowest BCUT2D eigenvalue weighted by Crippen LogP contribution is -2.53. The maximum Gasteiger partial charge on any atom is 0.451 e. The molecular weight excluding hydrogens is 429 g/mol. The summed E-state index contributed by atoms with van der Waals surface area (Å²) in [6, 6.07) is 2.89. The number of benzene rings is 1. The Morgan fingerprint density at radius 1 is 1.20 bits per heavy atom. The third-order valence-electron chi connectivity index (χ3n) is 3.81. The Labute approximate surface area is 153 Å². The van der Waals surface area contributed by atoms with Gasteiger partial charge in [0.2, 0.25) is 5.82 Å². The van der Waals surface area contributed by atoms with Crippen LogP contribution in [0.5, 0.6) is 0 Å². The Morgan fingerprint density at radius 3 is 2.40 bits per heavy atom. The third-order valence-corrected chi connectivity index (χ3v) is 5.01.